The summed E-state index contributed by atoms with van der Waals surface area (Å²) in [5.41, 5.74) is 2.49. The Morgan fingerprint density at radius 2 is 1.83 bits per heavy atom. The average molecular weight is 436 g/mol. The van der Waals surface area contributed by atoms with Gasteiger partial charge in [0.15, 0.2) is 6.61 Å². The van der Waals surface area contributed by atoms with Crippen molar-refractivity contribution in [3.8, 4) is 5.75 Å². The number of amides is 1. The van der Waals surface area contributed by atoms with Crippen LogP contribution in [-0.2, 0) is 4.79 Å². The average Bonchev–Trinajstić information content (AvgIpc) is 2.61. The molecule has 0 unspecified atom stereocenters. The third kappa shape index (κ3) is 4.20. The molecule has 1 aliphatic heterocycles. The SMILES string of the molecule is Cc1cccc(N2CCN(C(=O)COc3ccccc3I)CC2)c1. The normalized spacial score (nSPS) is 14.6. The van der Waals surface area contributed by atoms with E-state index in [4.69, 9.17) is 4.74 Å². The third-order valence-corrected chi connectivity index (χ3v) is 5.08. The molecule has 2 aromatic rings. The van der Waals surface area contributed by atoms with Crippen LogP contribution in [0.4, 0.5) is 5.69 Å². The van der Waals surface area contributed by atoms with Crippen LogP contribution in [0.1, 0.15) is 5.56 Å². The van der Waals surface area contributed by atoms with Gasteiger partial charge < -0.3 is 14.5 Å². The minimum Gasteiger partial charge on any atom is -0.483 e. The van der Waals surface area contributed by atoms with Crippen molar-refractivity contribution in [1.82, 2.24) is 4.90 Å². The number of nitrogens with zero attached hydrogens (tertiary/aromatic N) is 2. The van der Waals surface area contributed by atoms with Crippen molar-refractivity contribution < 1.29 is 9.53 Å². The fourth-order valence-electron chi connectivity index (χ4n) is 2.83. The smallest absolute Gasteiger partial charge is 0.260 e. The molecule has 24 heavy (non-hydrogen) atoms. The first-order valence-electron chi connectivity index (χ1n) is 8.10. The Morgan fingerprint density at radius 1 is 1.08 bits per heavy atom. The van der Waals surface area contributed by atoms with Gasteiger partial charge in [-0.3, -0.25) is 4.79 Å². The first kappa shape index (κ1) is 17.1. The number of rotatable bonds is 4. The van der Waals surface area contributed by atoms with E-state index in [1.54, 1.807) is 0 Å². The largest absolute Gasteiger partial charge is 0.483 e. The quantitative estimate of drug-likeness (QED) is 0.690. The van der Waals surface area contributed by atoms with Crippen LogP contribution < -0.4 is 9.64 Å². The number of hydrogen-bond acceptors (Lipinski definition) is 3. The van der Waals surface area contributed by atoms with Gasteiger partial charge in [-0.05, 0) is 59.3 Å². The van der Waals surface area contributed by atoms with E-state index in [0.29, 0.717) is 0 Å². The lowest BCUT2D eigenvalue weighted by atomic mass is 10.2. The topological polar surface area (TPSA) is 32.8 Å². The summed E-state index contributed by atoms with van der Waals surface area (Å²) < 4.78 is 6.69. The molecule has 1 saturated heterocycles. The molecule has 0 radical (unpaired) electrons. The lowest BCUT2D eigenvalue weighted by molar-refractivity contribution is -0.133. The molecule has 4 nitrogen and oxygen atoms in total. The molecule has 0 spiro atoms. The maximum atomic E-state index is 12.4. The molecular weight excluding hydrogens is 415 g/mol. The molecule has 3 rings (SSSR count). The second kappa shape index (κ2) is 7.88. The molecule has 126 valence electrons. The number of carbonyl (C=O) groups excluding carboxylic acids is 1. The van der Waals surface area contributed by atoms with E-state index in [9.17, 15) is 4.79 Å². The maximum absolute atomic E-state index is 12.4. The van der Waals surface area contributed by atoms with Crippen LogP contribution in [0.15, 0.2) is 48.5 Å². The number of para-hydroxylation sites is 1. The standard InChI is InChI=1S/C19H21IN2O2/c1-15-5-4-6-16(13-15)21-9-11-22(12-10-21)19(23)14-24-18-8-3-2-7-17(18)20/h2-8,13H,9-12,14H2,1H3. The van der Waals surface area contributed by atoms with E-state index < -0.39 is 0 Å². The number of hydrogen-bond donors (Lipinski definition) is 0. The Hall–Kier alpha value is -1.76. The van der Waals surface area contributed by atoms with Crippen molar-refractivity contribution in [2.45, 2.75) is 6.92 Å². The third-order valence-electron chi connectivity index (χ3n) is 4.19. The van der Waals surface area contributed by atoms with Crippen LogP contribution in [0, 0.1) is 10.5 Å². The molecule has 1 fully saturated rings. The van der Waals surface area contributed by atoms with Crippen LogP contribution in [0.5, 0.6) is 5.75 Å². The van der Waals surface area contributed by atoms with E-state index in [-0.39, 0.29) is 12.5 Å². The Balaban J connectivity index is 1.51. The summed E-state index contributed by atoms with van der Waals surface area (Å²) in [4.78, 5) is 16.6. The zero-order chi connectivity index (χ0) is 16.9. The highest BCUT2D eigenvalue weighted by molar-refractivity contribution is 14.1. The van der Waals surface area contributed by atoms with Crippen LogP contribution in [0.3, 0.4) is 0 Å². The Labute approximate surface area is 156 Å². The van der Waals surface area contributed by atoms with Crippen molar-refractivity contribution in [3.05, 3.63) is 57.7 Å². The summed E-state index contributed by atoms with van der Waals surface area (Å²) in [6.07, 6.45) is 0. The van der Waals surface area contributed by atoms with E-state index in [2.05, 4.69) is 58.7 Å². The van der Waals surface area contributed by atoms with Crippen LogP contribution >= 0.6 is 22.6 Å². The van der Waals surface area contributed by atoms with Gasteiger partial charge in [0.25, 0.3) is 5.91 Å². The second-order valence-electron chi connectivity index (χ2n) is 5.93. The zero-order valence-corrected chi connectivity index (χ0v) is 15.9. The minimum absolute atomic E-state index is 0.0542. The van der Waals surface area contributed by atoms with Crippen molar-refractivity contribution in [1.29, 1.82) is 0 Å². The molecule has 5 heteroatoms. The molecule has 0 N–H and O–H groups in total. The van der Waals surface area contributed by atoms with E-state index >= 15 is 0 Å². The van der Waals surface area contributed by atoms with Gasteiger partial charge in [0.1, 0.15) is 5.75 Å². The van der Waals surface area contributed by atoms with Crippen LogP contribution in [0.25, 0.3) is 0 Å². The van der Waals surface area contributed by atoms with Gasteiger partial charge in [0, 0.05) is 31.9 Å². The van der Waals surface area contributed by atoms with Gasteiger partial charge in [0.05, 0.1) is 3.57 Å². The first-order valence-corrected chi connectivity index (χ1v) is 9.18. The van der Waals surface area contributed by atoms with Gasteiger partial charge in [-0.15, -0.1) is 0 Å². The summed E-state index contributed by atoms with van der Waals surface area (Å²) in [5, 5.41) is 0. The molecule has 1 heterocycles. The monoisotopic (exact) mass is 436 g/mol. The number of anilines is 1. The number of piperazine rings is 1. The fourth-order valence-corrected chi connectivity index (χ4v) is 3.37. The predicted molar refractivity (Wildman–Crippen MR) is 105 cm³/mol. The molecule has 0 aromatic heterocycles. The van der Waals surface area contributed by atoms with Crippen molar-refractivity contribution in [3.63, 3.8) is 0 Å². The summed E-state index contributed by atoms with van der Waals surface area (Å²) in [5.74, 6) is 0.823. The first-order chi connectivity index (χ1) is 11.6. The number of halogens is 1. The number of ether oxygens (including phenoxy) is 1. The Morgan fingerprint density at radius 3 is 2.54 bits per heavy atom. The summed E-state index contributed by atoms with van der Waals surface area (Å²) in [6.45, 7) is 5.40. The van der Waals surface area contributed by atoms with Crippen molar-refractivity contribution >= 4 is 34.2 Å². The van der Waals surface area contributed by atoms with Gasteiger partial charge in [0.2, 0.25) is 0 Å². The summed E-state index contributed by atoms with van der Waals surface area (Å²) in [6, 6.07) is 16.3. The van der Waals surface area contributed by atoms with Gasteiger partial charge in [-0.25, -0.2) is 0 Å². The summed E-state index contributed by atoms with van der Waals surface area (Å²) in [7, 11) is 0. The molecule has 1 amide bonds. The number of carbonyl (C=O) groups is 1. The predicted octanol–water partition coefficient (Wildman–Crippen LogP) is 3.33. The molecule has 2 aromatic carbocycles. The van der Waals surface area contributed by atoms with Gasteiger partial charge in [-0.1, -0.05) is 24.3 Å². The zero-order valence-electron chi connectivity index (χ0n) is 13.7. The fraction of sp³-hybridized carbons (Fsp3) is 0.316. The number of benzene rings is 2. The van der Waals surface area contributed by atoms with Gasteiger partial charge >= 0.3 is 0 Å². The molecule has 1 aliphatic rings. The number of aryl methyl sites for hydroxylation is 1. The maximum Gasteiger partial charge on any atom is 0.260 e. The van der Waals surface area contributed by atoms with E-state index in [1.165, 1.54) is 11.3 Å². The van der Waals surface area contributed by atoms with Crippen LogP contribution in [-0.4, -0.2) is 43.6 Å². The molecule has 0 atom stereocenters. The Bertz CT molecular complexity index is 712. The van der Waals surface area contributed by atoms with E-state index in [0.717, 1.165) is 35.5 Å². The highest BCUT2D eigenvalue weighted by Gasteiger charge is 2.21. The molecule has 0 saturated carbocycles. The Kier molecular flexibility index (Phi) is 5.60. The highest BCUT2D eigenvalue weighted by Crippen LogP contribution is 2.20. The van der Waals surface area contributed by atoms with Crippen molar-refractivity contribution in [2.75, 3.05) is 37.7 Å². The van der Waals surface area contributed by atoms with Crippen LogP contribution in [0.2, 0.25) is 0 Å². The lowest BCUT2D eigenvalue weighted by Gasteiger charge is -2.36. The van der Waals surface area contributed by atoms with E-state index in [1.807, 2.05) is 29.2 Å². The minimum atomic E-state index is 0.0542. The molecule has 0 aliphatic carbocycles. The van der Waals surface area contributed by atoms with Gasteiger partial charge in [-0.2, -0.15) is 0 Å². The second-order valence-corrected chi connectivity index (χ2v) is 7.09. The summed E-state index contributed by atoms with van der Waals surface area (Å²) >= 11 is 2.22. The van der Waals surface area contributed by atoms with Crippen molar-refractivity contribution in [2.24, 2.45) is 0 Å². The lowest BCUT2D eigenvalue weighted by Crippen LogP contribution is -2.50. The highest BCUT2D eigenvalue weighted by atomic mass is 127. The molecule has 0 bridgehead atoms. The molecular formula is C19H21IN2O2.